The number of hydrogen-bond acceptors (Lipinski definition) is 3. The Morgan fingerprint density at radius 2 is 1.78 bits per heavy atom. The number of nitrogens with one attached hydrogen (secondary N) is 1. The maximum absolute atomic E-state index is 13.4. The molecular weight excluding hydrogens is 412 g/mol. The number of hydrogen-bond donors (Lipinski definition) is 1. The predicted octanol–water partition coefficient (Wildman–Crippen LogP) is 4.87. The summed E-state index contributed by atoms with van der Waals surface area (Å²) in [7, 11) is 0. The molecule has 0 radical (unpaired) electrons. The van der Waals surface area contributed by atoms with E-state index in [1.807, 2.05) is 24.0 Å². The zero-order valence-corrected chi connectivity index (χ0v) is 18.5. The van der Waals surface area contributed by atoms with Gasteiger partial charge in [-0.15, -0.1) is 0 Å². The van der Waals surface area contributed by atoms with Gasteiger partial charge in [-0.1, -0.05) is 18.2 Å². The number of carbonyl (C=O) groups is 1. The third-order valence-electron chi connectivity index (χ3n) is 6.39. The van der Waals surface area contributed by atoms with Crippen LogP contribution >= 0.6 is 0 Å². The molecule has 0 aromatic heterocycles. The van der Waals surface area contributed by atoms with Crippen LogP contribution in [0.25, 0.3) is 0 Å². The highest BCUT2D eigenvalue weighted by Gasteiger charge is 2.31. The van der Waals surface area contributed by atoms with Gasteiger partial charge >= 0.3 is 6.03 Å². The van der Waals surface area contributed by atoms with E-state index in [2.05, 4.69) is 22.3 Å². The van der Waals surface area contributed by atoms with Gasteiger partial charge in [-0.25, -0.2) is 13.6 Å². The van der Waals surface area contributed by atoms with Crippen molar-refractivity contribution >= 4 is 6.03 Å². The van der Waals surface area contributed by atoms with Gasteiger partial charge in [0, 0.05) is 32.2 Å². The third kappa shape index (κ3) is 5.38. The molecule has 2 fully saturated rings. The van der Waals surface area contributed by atoms with Crippen LogP contribution in [0, 0.1) is 11.6 Å². The first-order valence-electron chi connectivity index (χ1n) is 11.5. The topological polar surface area (TPSA) is 44.8 Å². The molecule has 2 aromatic carbocycles. The molecule has 4 rings (SSSR count). The van der Waals surface area contributed by atoms with Gasteiger partial charge in [0.15, 0.2) is 11.6 Å². The van der Waals surface area contributed by atoms with Gasteiger partial charge in [0.2, 0.25) is 0 Å². The van der Waals surface area contributed by atoms with E-state index in [0.29, 0.717) is 13.2 Å². The molecule has 2 saturated heterocycles. The quantitative estimate of drug-likeness (QED) is 0.693. The van der Waals surface area contributed by atoms with Crippen LogP contribution in [0.4, 0.5) is 13.6 Å². The van der Waals surface area contributed by atoms with E-state index in [9.17, 15) is 13.6 Å². The van der Waals surface area contributed by atoms with E-state index in [4.69, 9.17) is 4.74 Å². The van der Waals surface area contributed by atoms with Crippen molar-refractivity contribution in [2.45, 2.75) is 51.2 Å². The molecule has 2 aliphatic rings. The van der Waals surface area contributed by atoms with E-state index in [0.717, 1.165) is 62.2 Å². The molecule has 1 N–H and O–H groups in total. The van der Waals surface area contributed by atoms with Gasteiger partial charge in [0.25, 0.3) is 0 Å². The number of carbonyl (C=O) groups excluding carboxylic acids is 1. The van der Waals surface area contributed by atoms with Crippen LogP contribution < -0.4 is 10.1 Å². The fourth-order valence-corrected chi connectivity index (χ4v) is 4.70. The lowest BCUT2D eigenvalue weighted by molar-refractivity contribution is 0.166. The fraction of sp³-hybridized carbons (Fsp3) is 0.480. The van der Waals surface area contributed by atoms with Gasteiger partial charge in [-0.05, 0) is 68.0 Å². The number of amides is 2. The lowest BCUT2D eigenvalue weighted by atomic mass is 10.0. The monoisotopic (exact) mass is 443 g/mol. The van der Waals surface area contributed by atoms with Crippen molar-refractivity contribution in [1.29, 1.82) is 0 Å². The lowest BCUT2D eigenvalue weighted by Gasteiger charge is -2.34. The first kappa shape index (κ1) is 22.5. The zero-order chi connectivity index (χ0) is 22.5. The number of ether oxygens (including phenoxy) is 1. The Balaban J connectivity index is 1.28. The van der Waals surface area contributed by atoms with Crippen LogP contribution in [-0.2, 0) is 6.54 Å². The Kier molecular flexibility index (Phi) is 7.25. The average Bonchev–Trinajstić information content (AvgIpc) is 3.29. The number of halogens is 2. The SMILES string of the molecule is CCOc1ccc(C2CCCN2C(=O)NC2CCN(Cc3ccc(F)c(F)c3)CC2)cc1. The fourth-order valence-electron chi connectivity index (χ4n) is 4.70. The summed E-state index contributed by atoms with van der Waals surface area (Å²) >= 11 is 0. The predicted molar refractivity (Wildman–Crippen MR) is 119 cm³/mol. The van der Waals surface area contributed by atoms with Crippen molar-refractivity contribution in [2.75, 3.05) is 26.2 Å². The first-order valence-corrected chi connectivity index (χ1v) is 11.5. The molecule has 0 spiro atoms. The van der Waals surface area contributed by atoms with E-state index < -0.39 is 11.6 Å². The minimum atomic E-state index is -0.819. The van der Waals surface area contributed by atoms with Crippen LogP contribution in [0.1, 0.15) is 49.8 Å². The lowest BCUT2D eigenvalue weighted by Crippen LogP contribution is -2.48. The maximum Gasteiger partial charge on any atom is 0.318 e. The molecule has 2 aliphatic heterocycles. The van der Waals surface area contributed by atoms with E-state index in [1.165, 1.54) is 12.1 Å². The summed E-state index contributed by atoms with van der Waals surface area (Å²) in [6, 6.07) is 12.3. The van der Waals surface area contributed by atoms with Crippen LogP contribution in [-0.4, -0.2) is 48.1 Å². The molecular formula is C25H31F2N3O2. The number of nitrogens with zero attached hydrogens (tertiary/aromatic N) is 2. The molecule has 7 heteroatoms. The van der Waals surface area contributed by atoms with E-state index in [1.54, 1.807) is 6.07 Å². The second-order valence-corrected chi connectivity index (χ2v) is 8.60. The summed E-state index contributed by atoms with van der Waals surface area (Å²) < 4.78 is 32.1. The number of likely N-dealkylation sites (tertiary alicyclic amines) is 2. The van der Waals surface area contributed by atoms with Crippen molar-refractivity contribution in [2.24, 2.45) is 0 Å². The largest absolute Gasteiger partial charge is 0.494 e. The zero-order valence-electron chi connectivity index (χ0n) is 18.5. The summed E-state index contributed by atoms with van der Waals surface area (Å²) in [4.78, 5) is 17.2. The molecule has 2 heterocycles. The Bertz CT molecular complexity index is 914. The van der Waals surface area contributed by atoms with Gasteiger partial charge in [-0.3, -0.25) is 4.90 Å². The first-order chi connectivity index (χ1) is 15.5. The normalized spacial score (nSPS) is 19.8. The second-order valence-electron chi connectivity index (χ2n) is 8.60. The van der Waals surface area contributed by atoms with Crippen LogP contribution in [0.15, 0.2) is 42.5 Å². The molecule has 32 heavy (non-hydrogen) atoms. The molecule has 2 aromatic rings. The van der Waals surface area contributed by atoms with Crippen LogP contribution in [0.3, 0.4) is 0 Å². The smallest absolute Gasteiger partial charge is 0.318 e. The van der Waals surface area contributed by atoms with Crippen molar-refractivity contribution in [3.63, 3.8) is 0 Å². The molecule has 0 saturated carbocycles. The molecule has 1 unspecified atom stereocenters. The number of piperidine rings is 1. The Morgan fingerprint density at radius 1 is 1.03 bits per heavy atom. The summed E-state index contributed by atoms with van der Waals surface area (Å²) in [6.45, 7) is 5.57. The Morgan fingerprint density at radius 3 is 2.47 bits per heavy atom. The summed E-state index contributed by atoms with van der Waals surface area (Å²) in [5.74, 6) is -0.779. The van der Waals surface area contributed by atoms with Gasteiger partial charge in [-0.2, -0.15) is 0 Å². The summed E-state index contributed by atoms with van der Waals surface area (Å²) in [6.07, 6.45) is 3.65. The summed E-state index contributed by atoms with van der Waals surface area (Å²) in [5.41, 5.74) is 1.91. The van der Waals surface area contributed by atoms with Gasteiger partial charge in [0.05, 0.1) is 12.6 Å². The molecule has 0 aliphatic carbocycles. The third-order valence-corrected chi connectivity index (χ3v) is 6.39. The van der Waals surface area contributed by atoms with Crippen LogP contribution in [0.2, 0.25) is 0 Å². The van der Waals surface area contributed by atoms with Gasteiger partial charge in [0.1, 0.15) is 5.75 Å². The Hall–Kier alpha value is -2.67. The van der Waals surface area contributed by atoms with E-state index in [-0.39, 0.29) is 18.1 Å². The molecule has 1 atom stereocenters. The van der Waals surface area contributed by atoms with Crippen molar-refractivity contribution in [3.8, 4) is 5.75 Å². The highest BCUT2D eigenvalue weighted by Crippen LogP contribution is 2.33. The Labute approximate surface area is 188 Å². The minimum Gasteiger partial charge on any atom is -0.494 e. The molecule has 0 bridgehead atoms. The van der Waals surface area contributed by atoms with Crippen molar-refractivity contribution in [3.05, 3.63) is 65.2 Å². The number of rotatable bonds is 6. The molecule has 2 amide bonds. The van der Waals surface area contributed by atoms with Crippen LogP contribution in [0.5, 0.6) is 5.75 Å². The molecule has 5 nitrogen and oxygen atoms in total. The van der Waals surface area contributed by atoms with Gasteiger partial charge < -0.3 is 15.0 Å². The average molecular weight is 444 g/mol. The highest BCUT2D eigenvalue weighted by atomic mass is 19.2. The van der Waals surface area contributed by atoms with Crippen molar-refractivity contribution in [1.82, 2.24) is 15.1 Å². The second kappa shape index (κ2) is 10.3. The minimum absolute atomic E-state index is 0.000408. The summed E-state index contributed by atoms with van der Waals surface area (Å²) in [5, 5.41) is 3.22. The van der Waals surface area contributed by atoms with E-state index >= 15 is 0 Å². The molecule has 172 valence electrons. The number of benzene rings is 2. The van der Waals surface area contributed by atoms with Crippen molar-refractivity contribution < 1.29 is 18.3 Å². The maximum atomic E-state index is 13.4. The highest BCUT2D eigenvalue weighted by molar-refractivity contribution is 5.75. The number of urea groups is 1. The standard InChI is InChI=1S/C25H31F2N3O2/c1-2-32-21-8-6-19(7-9-21)24-4-3-13-30(24)25(31)28-20-11-14-29(15-12-20)17-18-5-10-22(26)23(27)16-18/h5-10,16,20,24H,2-4,11-15,17H2,1H3,(H,28,31).